The first-order valence-corrected chi connectivity index (χ1v) is 3.97. The molecule has 1 aromatic carbocycles. The van der Waals surface area contributed by atoms with Crippen molar-refractivity contribution in [3.05, 3.63) is 35.6 Å². The van der Waals surface area contributed by atoms with Crippen molar-refractivity contribution in [1.29, 1.82) is 0 Å². The lowest BCUT2D eigenvalue weighted by atomic mass is 10.1. The average Bonchev–Trinajstić information content (AvgIpc) is 2.05. The highest BCUT2D eigenvalue weighted by atomic mass is 32.1. The Bertz CT molecular complexity index is 318. The van der Waals surface area contributed by atoms with Crippen LogP contribution in [-0.2, 0) is 0 Å². The molecule has 3 heteroatoms. The van der Waals surface area contributed by atoms with Crippen molar-refractivity contribution in [2.45, 2.75) is 13.0 Å². The maximum absolute atomic E-state index is 12.7. The van der Waals surface area contributed by atoms with Crippen LogP contribution in [0.5, 0.6) is 0 Å². The van der Waals surface area contributed by atoms with Crippen LogP contribution in [0.2, 0.25) is 0 Å². The molecule has 1 aromatic rings. The normalized spacial score (nSPS) is 11.8. The summed E-state index contributed by atoms with van der Waals surface area (Å²) < 4.78 is 12.7. The fourth-order valence-electron chi connectivity index (χ4n) is 0.920. The number of nitrogens with zero attached hydrogens (tertiary/aromatic N) is 1. The summed E-state index contributed by atoms with van der Waals surface area (Å²) in [7, 11) is 0. The predicted molar refractivity (Wildman–Crippen MR) is 49.8 cm³/mol. The maximum Gasteiger partial charge on any atom is 0.123 e. The third-order valence-corrected chi connectivity index (χ3v) is 1.68. The standard InChI is InChI=1S/C9H8FNS/c1-7(11-6-12)8-3-2-4-9(10)5-8/h2-5,7H,1H3/t7-/m0/s1. The first-order valence-electron chi connectivity index (χ1n) is 3.56. The van der Waals surface area contributed by atoms with E-state index in [0.29, 0.717) is 0 Å². The minimum Gasteiger partial charge on any atom is -0.225 e. The Balaban J connectivity index is 2.94. The van der Waals surface area contributed by atoms with Crippen LogP contribution in [0.1, 0.15) is 18.5 Å². The van der Waals surface area contributed by atoms with E-state index in [1.807, 2.05) is 13.0 Å². The quantitative estimate of drug-likeness (QED) is 0.504. The second-order valence-electron chi connectivity index (χ2n) is 2.45. The predicted octanol–water partition coefficient (Wildman–Crippen LogP) is 2.99. The monoisotopic (exact) mass is 181 g/mol. The number of hydrogen-bond donors (Lipinski definition) is 0. The molecule has 0 aliphatic rings. The lowest BCUT2D eigenvalue weighted by molar-refractivity contribution is 0.622. The molecule has 0 unspecified atom stereocenters. The molecule has 62 valence electrons. The van der Waals surface area contributed by atoms with Crippen molar-refractivity contribution in [3.8, 4) is 0 Å². The number of isothiocyanates is 1. The number of aliphatic imine (C=N–C) groups is 1. The second-order valence-corrected chi connectivity index (χ2v) is 2.63. The number of hydrogen-bond acceptors (Lipinski definition) is 2. The van der Waals surface area contributed by atoms with Crippen molar-refractivity contribution < 1.29 is 4.39 Å². The van der Waals surface area contributed by atoms with Gasteiger partial charge < -0.3 is 0 Å². The highest BCUT2D eigenvalue weighted by Gasteiger charge is 2.02. The molecule has 0 aliphatic heterocycles. The molecule has 0 heterocycles. The molecule has 0 N–H and O–H groups in total. The fourth-order valence-corrected chi connectivity index (χ4v) is 1.08. The molecule has 0 saturated heterocycles. The number of halogens is 1. The Hall–Kier alpha value is -1.05. The van der Waals surface area contributed by atoms with E-state index in [-0.39, 0.29) is 11.9 Å². The van der Waals surface area contributed by atoms with Gasteiger partial charge in [-0.25, -0.2) is 9.38 Å². The van der Waals surface area contributed by atoms with Gasteiger partial charge in [0.15, 0.2) is 0 Å². The zero-order chi connectivity index (χ0) is 8.97. The van der Waals surface area contributed by atoms with Crippen molar-refractivity contribution in [3.63, 3.8) is 0 Å². The van der Waals surface area contributed by atoms with Crippen LogP contribution in [0.15, 0.2) is 29.3 Å². The molecule has 0 aliphatic carbocycles. The van der Waals surface area contributed by atoms with E-state index in [1.165, 1.54) is 12.1 Å². The SMILES string of the molecule is C[C@H](N=C=S)c1cccc(F)c1. The van der Waals surface area contributed by atoms with Crippen molar-refractivity contribution >= 4 is 17.4 Å². The first kappa shape index (κ1) is 9.04. The summed E-state index contributed by atoms with van der Waals surface area (Å²) in [5, 5.41) is 2.27. The summed E-state index contributed by atoms with van der Waals surface area (Å²) >= 11 is 4.45. The summed E-state index contributed by atoms with van der Waals surface area (Å²) in [5.74, 6) is -0.251. The third kappa shape index (κ3) is 2.22. The van der Waals surface area contributed by atoms with Crippen LogP contribution in [0.25, 0.3) is 0 Å². The highest BCUT2D eigenvalue weighted by molar-refractivity contribution is 7.78. The Morgan fingerprint density at radius 1 is 1.58 bits per heavy atom. The van der Waals surface area contributed by atoms with Gasteiger partial charge in [0.2, 0.25) is 0 Å². The van der Waals surface area contributed by atoms with Gasteiger partial charge in [-0.1, -0.05) is 12.1 Å². The van der Waals surface area contributed by atoms with Crippen LogP contribution in [-0.4, -0.2) is 5.16 Å². The van der Waals surface area contributed by atoms with Crippen LogP contribution in [0.3, 0.4) is 0 Å². The smallest absolute Gasteiger partial charge is 0.123 e. The van der Waals surface area contributed by atoms with Crippen LogP contribution >= 0.6 is 12.2 Å². The van der Waals surface area contributed by atoms with Gasteiger partial charge in [-0.05, 0) is 36.8 Å². The molecular weight excluding hydrogens is 173 g/mol. The largest absolute Gasteiger partial charge is 0.225 e. The molecule has 0 amide bonds. The molecule has 0 bridgehead atoms. The van der Waals surface area contributed by atoms with Crippen LogP contribution in [0, 0.1) is 5.82 Å². The van der Waals surface area contributed by atoms with Gasteiger partial charge in [-0.15, -0.1) is 0 Å². The van der Waals surface area contributed by atoms with Gasteiger partial charge in [0, 0.05) is 0 Å². The Morgan fingerprint density at radius 2 is 2.33 bits per heavy atom. The Kier molecular flexibility index (Phi) is 3.09. The van der Waals surface area contributed by atoms with E-state index in [0.717, 1.165) is 5.56 Å². The van der Waals surface area contributed by atoms with Crippen LogP contribution in [0.4, 0.5) is 4.39 Å². The highest BCUT2D eigenvalue weighted by Crippen LogP contribution is 2.16. The van der Waals surface area contributed by atoms with Gasteiger partial charge in [-0.2, -0.15) is 0 Å². The van der Waals surface area contributed by atoms with E-state index < -0.39 is 0 Å². The first-order chi connectivity index (χ1) is 5.74. The second kappa shape index (κ2) is 4.10. The summed E-state index contributed by atoms with van der Waals surface area (Å²) in [6.45, 7) is 1.84. The van der Waals surface area contributed by atoms with Gasteiger partial charge in [0.25, 0.3) is 0 Å². The van der Waals surface area contributed by atoms with Crippen molar-refractivity contribution in [2.24, 2.45) is 4.99 Å². The molecule has 0 aromatic heterocycles. The van der Waals surface area contributed by atoms with Crippen molar-refractivity contribution in [1.82, 2.24) is 0 Å². The molecule has 1 atom stereocenters. The van der Waals surface area contributed by atoms with Gasteiger partial charge in [-0.3, -0.25) is 0 Å². The third-order valence-electron chi connectivity index (χ3n) is 1.58. The Labute approximate surface area is 75.9 Å². The van der Waals surface area contributed by atoms with Gasteiger partial charge in [0.1, 0.15) is 5.82 Å². The topological polar surface area (TPSA) is 12.4 Å². The minimum atomic E-state index is -0.251. The van der Waals surface area contributed by atoms with Gasteiger partial charge >= 0.3 is 0 Å². The minimum absolute atomic E-state index is 0.113. The lowest BCUT2D eigenvalue weighted by Gasteiger charge is -2.03. The summed E-state index contributed by atoms with van der Waals surface area (Å²) in [4.78, 5) is 3.83. The zero-order valence-corrected chi connectivity index (χ0v) is 7.44. The van der Waals surface area contributed by atoms with E-state index in [4.69, 9.17) is 0 Å². The van der Waals surface area contributed by atoms with E-state index in [2.05, 4.69) is 22.4 Å². The number of thiocarbonyl (C=S) groups is 1. The molecule has 0 radical (unpaired) electrons. The number of rotatable bonds is 2. The fraction of sp³-hybridized carbons (Fsp3) is 0.222. The molecule has 1 rings (SSSR count). The van der Waals surface area contributed by atoms with Crippen molar-refractivity contribution in [2.75, 3.05) is 0 Å². The van der Waals surface area contributed by atoms with Gasteiger partial charge in [0.05, 0.1) is 11.2 Å². The molecule has 0 spiro atoms. The van der Waals surface area contributed by atoms with Crippen LogP contribution < -0.4 is 0 Å². The van der Waals surface area contributed by atoms with E-state index in [1.54, 1.807) is 6.07 Å². The van der Waals surface area contributed by atoms with E-state index >= 15 is 0 Å². The molecular formula is C9H8FNS. The molecule has 1 nitrogen and oxygen atoms in total. The molecule has 12 heavy (non-hydrogen) atoms. The Morgan fingerprint density at radius 3 is 2.92 bits per heavy atom. The molecule has 0 fully saturated rings. The number of benzene rings is 1. The average molecular weight is 181 g/mol. The van der Waals surface area contributed by atoms with E-state index in [9.17, 15) is 4.39 Å². The lowest BCUT2D eigenvalue weighted by Crippen LogP contribution is -1.89. The summed E-state index contributed by atoms with van der Waals surface area (Å²) in [5.41, 5.74) is 0.812. The molecule has 0 saturated carbocycles. The zero-order valence-electron chi connectivity index (χ0n) is 6.62. The summed E-state index contributed by atoms with van der Waals surface area (Å²) in [6.07, 6.45) is 0. The summed E-state index contributed by atoms with van der Waals surface area (Å²) in [6, 6.07) is 6.19. The maximum atomic E-state index is 12.7.